The number of nitrogens with zero attached hydrogens (tertiary/aromatic N) is 1. The van der Waals surface area contributed by atoms with Crippen LogP contribution in [-0.2, 0) is 11.2 Å². The van der Waals surface area contributed by atoms with Crippen molar-refractivity contribution in [1.29, 1.82) is 0 Å². The smallest absolute Gasteiger partial charge is 0.311 e. The van der Waals surface area contributed by atoms with Gasteiger partial charge < -0.3 is 4.74 Å². The maximum absolute atomic E-state index is 12.3. The Morgan fingerprint density at radius 2 is 1.68 bits per heavy atom. The summed E-state index contributed by atoms with van der Waals surface area (Å²) < 4.78 is 5.71. The van der Waals surface area contributed by atoms with Crippen molar-refractivity contribution in [2.45, 2.75) is 97.8 Å². The lowest BCUT2D eigenvalue weighted by molar-refractivity contribution is -0.134. The Kier molecular flexibility index (Phi) is 12.0. The van der Waals surface area contributed by atoms with E-state index in [0.29, 0.717) is 18.1 Å². The number of esters is 1. The number of unbranched alkanes of at least 4 members (excludes halogenated alkanes) is 7. The van der Waals surface area contributed by atoms with E-state index in [4.69, 9.17) is 4.74 Å². The summed E-state index contributed by atoms with van der Waals surface area (Å²) >= 11 is 0. The minimum Gasteiger partial charge on any atom is -0.426 e. The number of carbonyl (C=O) groups is 1. The number of hydrogen-bond acceptors (Lipinski definition) is 3. The van der Waals surface area contributed by atoms with Crippen molar-refractivity contribution in [2.24, 2.45) is 5.92 Å². The van der Waals surface area contributed by atoms with Crippen LogP contribution in [0.15, 0.2) is 42.6 Å². The Bertz CT molecular complexity index is 771. The van der Waals surface area contributed by atoms with E-state index in [1.54, 1.807) is 0 Å². The number of pyridine rings is 1. The van der Waals surface area contributed by atoms with E-state index in [0.717, 1.165) is 30.5 Å². The first-order chi connectivity index (χ1) is 15.1. The predicted octanol–water partition coefficient (Wildman–Crippen LogP) is 8.16. The topological polar surface area (TPSA) is 39.2 Å². The number of aryl methyl sites for hydroxylation is 1. The zero-order valence-electron chi connectivity index (χ0n) is 19.9. The molecule has 1 atom stereocenters. The lowest BCUT2D eigenvalue weighted by Crippen LogP contribution is -2.10. The van der Waals surface area contributed by atoms with Crippen LogP contribution < -0.4 is 4.74 Å². The first kappa shape index (κ1) is 25.1. The van der Waals surface area contributed by atoms with Gasteiger partial charge in [-0.3, -0.25) is 9.78 Å². The van der Waals surface area contributed by atoms with Crippen molar-refractivity contribution >= 4 is 5.97 Å². The molecule has 1 unspecified atom stereocenters. The molecule has 31 heavy (non-hydrogen) atoms. The molecule has 0 fully saturated rings. The van der Waals surface area contributed by atoms with E-state index in [-0.39, 0.29) is 5.97 Å². The van der Waals surface area contributed by atoms with Gasteiger partial charge in [-0.05, 0) is 55.0 Å². The summed E-state index contributed by atoms with van der Waals surface area (Å²) in [7, 11) is 0. The molecule has 3 heteroatoms. The van der Waals surface area contributed by atoms with E-state index in [1.807, 2.05) is 30.5 Å². The van der Waals surface area contributed by atoms with Crippen LogP contribution in [0.2, 0.25) is 0 Å². The molecule has 0 radical (unpaired) electrons. The highest BCUT2D eigenvalue weighted by molar-refractivity contribution is 5.77. The summed E-state index contributed by atoms with van der Waals surface area (Å²) in [6, 6.07) is 12.0. The molecule has 0 saturated heterocycles. The van der Waals surface area contributed by atoms with Crippen molar-refractivity contribution in [2.75, 3.05) is 0 Å². The fourth-order valence-corrected chi connectivity index (χ4v) is 3.75. The van der Waals surface area contributed by atoms with Gasteiger partial charge in [-0.2, -0.15) is 0 Å². The molecule has 3 nitrogen and oxygen atoms in total. The first-order valence-corrected chi connectivity index (χ1v) is 12.4. The van der Waals surface area contributed by atoms with Gasteiger partial charge in [0.2, 0.25) is 0 Å². The zero-order valence-corrected chi connectivity index (χ0v) is 19.9. The molecule has 0 amide bonds. The Morgan fingerprint density at radius 3 is 2.42 bits per heavy atom. The predicted molar refractivity (Wildman–Crippen MR) is 130 cm³/mol. The van der Waals surface area contributed by atoms with E-state index in [1.165, 1.54) is 56.9 Å². The van der Waals surface area contributed by atoms with Crippen LogP contribution in [-0.4, -0.2) is 11.0 Å². The van der Waals surface area contributed by atoms with Crippen LogP contribution in [0, 0.1) is 5.92 Å². The van der Waals surface area contributed by atoms with Gasteiger partial charge in [0.15, 0.2) is 0 Å². The highest BCUT2D eigenvalue weighted by Crippen LogP contribution is 2.29. The number of benzene rings is 1. The van der Waals surface area contributed by atoms with Crippen molar-refractivity contribution in [1.82, 2.24) is 4.98 Å². The Balaban J connectivity index is 1.89. The van der Waals surface area contributed by atoms with Crippen molar-refractivity contribution in [3.05, 3.63) is 48.2 Å². The SMILES string of the molecule is CCCCCCCCCCc1ccnc(-c2ccccc2OC(=O)CCC(C)CC)c1. The van der Waals surface area contributed by atoms with Crippen molar-refractivity contribution in [3.63, 3.8) is 0 Å². The molecule has 0 aliphatic carbocycles. The number of hydrogen-bond donors (Lipinski definition) is 0. The van der Waals surface area contributed by atoms with Gasteiger partial charge in [-0.1, -0.05) is 84.3 Å². The molecule has 0 saturated carbocycles. The summed E-state index contributed by atoms with van der Waals surface area (Å²) in [5.41, 5.74) is 3.06. The standard InChI is InChI=1S/C28H41NO2/c1-4-6-7-8-9-10-11-12-15-24-20-21-29-26(22-24)25-16-13-14-17-27(25)31-28(30)19-18-23(3)5-2/h13-14,16-17,20-23H,4-12,15,18-19H2,1-3H3. The van der Waals surface area contributed by atoms with E-state index >= 15 is 0 Å². The van der Waals surface area contributed by atoms with Gasteiger partial charge in [0.25, 0.3) is 0 Å². The maximum Gasteiger partial charge on any atom is 0.311 e. The highest BCUT2D eigenvalue weighted by atomic mass is 16.5. The summed E-state index contributed by atoms with van der Waals surface area (Å²) in [5, 5.41) is 0. The normalized spacial score (nSPS) is 12.0. The third-order valence-corrected chi connectivity index (χ3v) is 6.07. The highest BCUT2D eigenvalue weighted by Gasteiger charge is 2.13. The average molecular weight is 424 g/mol. The summed E-state index contributed by atoms with van der Waals surface area (Å²) in [4.78, 5) is 16.9. The number of aromatic nitrogens is 1. The van der Waals surface area contributed by atoms with Crippen molar-refractivity contribution < 1.29 is 9.53 Å². The second-order valence-electron chi connectivity index (χ2n) is 8.80. The first-order valence-electron chi connectivity index (χ1n) is 12.4. The molecule has 0 aliphatic heterocycles. The molecule has 0 aliphatic rings. The minimum absolute atomic E-state index is 0.164. The maximum atomic E-state index is 12.3. The van der Waals surface area contributed by atoms with Gasteiger partial charge in [0.1, 0.15) is 5.75 Å². The summed E-state index contributed by atoms with van der Waals surface area (Å²) in [6.07, 6.45) is 16.0. The third-order valence-electron chi connectivity index (χ3n) is 6.07. The van der Waals surface area contributed by atoms with Crippen LogP contribution in [0.1, 0.15) is 97.0 Å². The lowest BCUT2D eigenvalue weighted by Gasteiger charge is -2.12. The average Bonchev–Trinajstić information content (AvgIpc) is 2.79. The second-order valence-corrected chi connectivity index (χ2v) is 8.80. The Hall–Kier alpha value is -2.16. The molecule has 1 aromatic carbocycles. The molecule has 0 bridgehead atoms. The van der Waals surface area contributed by atoms with Gasteiger partial charge in [0.05, 0.1) is 5.69 Å². The largest absolute Gasteiger partial charge is 0.426 e. The quantitative estimate of drug-likeness (QED) is 0.165. The molecule has 1 aromatic heterocycles. The van der Waals surface area contributed by atoms with E-state index < -0.39 is 0 Å². The fraction of sp³-hybridized carbons (Fsp3) is 0.571. The number of carbonyl (C=O) groups excluding carboxylic acids is 1. The molecule has 1 heterocycles. The van der Waals surface area contributed by atoms with Gasteiger partial charge in [-0.15, -0.1) is 0 Å². The third kappa shape index (κ3) is 9.67. The van der Waals surface area contributed by atoms with Crippen LogP contribution in [0.4, 0.5) is 0 Å². The molecule has 2 aromatic rings. The van der Waals surface area contributed by atoms with Gasteiger partial charge in [0, 0.05) is 18.2 Å². The monoisotopic (exact) mass is 423 g/mol. The summed E-state index contributed by atoms with van der Waals surface area (Å²) in [6.45, 7) is 6.58. The van der Waals surface area contributed by atoms with Crippen molar-refractivity contribution in [3.8, 4) is 17.0 Å². The number of ether oxygens (including phenoxy) is 1. The van der Waals surface area contributed by atoms with Crippen LogP contribution >= 0.6 is 0 Å². The second kappa shape index (κ2) is 14.8. The molecular weight excluding hydrogens is 382 g/mol. The summed E-state index contributed by atoms with van der Waals surface area (Å²) in [5.74, 6) is 0.980. The lowest BCUT2D eigenvalue weighted by atomic mass is 10.0. The van der Waals surface area contributed by atoms with E-state index in [9.17, 15) is 4.79 Å². The molecule has 0 spiro atoms. The van der Waals surface area contributed by atoms with Crippen LogP contribution in [0.25, 0.3) is 11.3 Å². The molecule has 2 rings (SSSR count). The van der Waals surface area contributed by atoms with E-state index in [2.05, 4.69) is 37.9 Å². The minimum atomic E-state index is -0.164. The number of para-hydroxylation sites is 1. The Morgan fingerprint density at radius 1 is 0.968 bits per heavy atom. The molecule has 170 valence electrons. The fourth-order valence-electron chi connectivity index (χ4n) is 3.75. The van der Waals surface area contributed by atoms with Crippen LogP contribution in [0.3, 0.4) is 0 Å². The Labute approximate surface area is 189 Å². The number of rotatable bonds is 15. The molecule has 0 N–H and O–H groups in total. The molecular formula is C28H41NO2. The van der Waals surface area contributed by atoms with Gasteiger partial charge in [-0.25, -0.2) is 0 Å². The van der Waals surface area contributed by atoms with Gasteiger partial charge >= 0.3 is 5.97 Å². The van der Waals surface area contributed by atoms with Crippen LogP contribution in [0.5, 0.6) is 5.75 Å². The zero-order chi connectivity index (χ0) is 22.3.